The molecule has 0 radical (unpaired) electrons. The highest BCUT2D eigenvalue weighted by Crippen LogP contribution is 2.16. The lowest BCUT2D eigenvalue weighted by atomic mass is 10.1. The van der Waals surface area contributed by atoms with Gasteiger partial charge >= 0.3 is 0 Å². The first-order chi connectivity index (χ1) is 11.5. The first kappa shape index (κ1) is 20.7. The van der Waals surface area contributed by atoms with Crippen LogP contribution < -0.4 is 10.6 Å². The molecule has 0 aromatic heterocycles. The first-order valence-corrected chi connectivity index (χ1v) is 7.94. The molecule has 2 amide bonds. The molecule has 0 unspecified atom stereocenters. The molecule has 0 saturated carbocycles. The molecule has 2 aromatic rings. The fraction of sp³-hybridized carbons (Fsp3) is 0.263. The van der Waals surface area contributed by atoms with Crippen molar-refractivity contribution in [1.29, 1.82) is 0 Å². The summed E-state index contributed by atoms with van der Waals surface area (Å²) in [7, 11) is 3.40. The predicted molar refractivity (Wildman–Crippen MR) is 103 cm³/mol. The van der Waals surface area contributed by atoms with Crippen LogP contribution in [-0.2, 0) is 6.54 Å². The molecule has 2 aromatic carbocycles. The zero-order valence-corrected chi connectivity index (χ0v) is 15.5. The van der Waals surface area contributed by atoms with Crippen LogP contribution in [0.3, 0.4) is 0 Å². The second kappa shape index (κ2) is 9.81. The molecule has 134 valence electrons. The molecule has 2 rings (SSSR count). The topological polar surface area (TPSA) is 61.4 Å². The third kappa shape index (κ3) is 5.59. The number of hydrogen-bond donors (Lipinski definition) is 2. The highest BCUT2D eigenvalue weighted by molar-refractivity contribution is 6.05. The molecule has 25 heavy (non-hydrogen) atoms. The van der Waals surface area contributed by atoms with Gasteiger partial charge in [-0.25, -0.2) is 0 Å². The van der Waals surface area contributed by atoms with Crippen molar-refractivity contribution >= 4 is 29.9 Å². The van der Waals surface area contributed by atoms with Crippen molar-refractivity contribution in [2.75, 3.05) is 26.0 Å². The summed E-state index contributed by atoms with van der Waals surface area (Å²) in [6.07, 6.45) is 0. The number of hydrogen-bond acceptors (Lipinski definition) is 3. The Labute approximate surface area is 154 Å². The molecule has 0 fully saturated rings. The summed E-state index contributed by atoms with van der Waals surface area (Å²) in [6.45, 7) is 3.60. The van der Waals surface area contributed by atoms with Crippen molar-refractivity contribution < 1.29 is 9.59 Å². The van der Waals surface area contributed by atoms with Crippen molar-refractivity contribution in [3.63, 3.8) is 0 Å². The Bertz CT molecular complexity index is 715. The van der Waals surface area contributed by atoms with E-state index in [1.807, 2.05) is 31.2 Å². The Hall–Kier alpha value is -2.37. The van der Waals surface area contributed by atoms with Crippen molar-refractivity contribution in [1.82, 2.24) is 10.2 Å². The number of benzene rings is 2. The lowest BCUT2D eigenvalue weighted by molar-refractivity contribution is 0.0827. The van der Waals surface area contributed by atoms with Crippen molar-refractivity contribution in [2.24, 2.45) is 0 Å². The first-order valence-electron chi connectivity index (χ1n) is 7.94. The van der Waals surface area contributed by atoms with Gasteiger partial charge in [-0.2, -0.15) is 0 Å². The van der Waals surface area contributed by atoms with Crippen LogP contribution in [0.5, 0.6) is 0 Å². The monoisotopic (exact) mass is 361 g/mol. The maximum Gasteiger partial charge on any atom is 0.255 e. The Kier molecular flexibility index (Phi) is 8.11. The van der Waals surface area contributed by atoms with Gasteiger partial charge < -0.3 is 15.5 Å². The number of nitrogens with one attached hydrogen (secondary N) is 2. The summed E-state index contributed by atoms with van der Waals surface area (Å²) < 4.78 is 0. The van der Waals surface area contributed by atoms with E-state index in [1.54, 1.807) is 38.4 Å². The van der Waals surface area contributed by atoms with E-state index in [1.165, 1.54) is 4.90 Å². The number of para-hydroxylation sites is 1. The molecule has 0 aliphatic carbocycles. The smallest absolute Gasteiger partial charge is 0.255 e. The molecule has 0 aliphatic rings. The van der Waals surface area contributed by atoms with Gasteiger partial charge in [0.2, 0.25) is 0 Å². The molecule has 0 saturated heterocycles. The standard InChI is InChI=1S/C19H23N3O2.ClH/c1-4-20-13-16-7-5-6-8-17(16)21-18(23)14-9-11-15(12-10-14)19(24)22(2)3;/h5-12,20H,4,13H2,1-3H3,(H,21,23);1H. The van der Waals surface area contributed by atoms with Crippen LogP contribution in [0.25, 0.3) is 0 Å². The minimum atomic E-state index is -0.192. The van der Waals surface area contributed by atoms with E-state index in [0.29, 0.717) is 17.7 Å². The normalized spacial score (nSPS) is 9.88. The summed E-state index contributed by atoms with van der Waals surface area (Å²) in [5.41, 5.74) is 2.90. The quantitative estimate of drug-likeness (QED) is 0.830. The highest BCUT2D eigenvalue weighted by atomic mass is 35.5. The average molecular weight is 362 g/mol. The molecule has 0 aliphatic heterocycles. The van der Waals surface area contributed by atoms with Crippen LogP contribution in [0.4, 0.5) is 5.69 Å². The van der Waals surface area contributed by atoms with Crippen LogP contribution in [0.2, 0.25) is 0 Å². The predicted octanol–water partition coefficient (Wildman–Crippen LogP) is 3.17. The van der Waals surface area contributed by atoms with Crippen LogP contribution >= 0.6 is 12.4 Å². The van der Waals surface area contributed by atoms with Crippen molar-refractivity contribution in [2.45, 2.75) is 13.5 Å². The number of anilines is 1. The van der Waals surface area contributed by atoms with E-state index >= 15 is 0 Å². The lowest BCUT2D eigenvalue weighted by Gasteiger charge is -2.12. The molecule has 2 N–H and O–H groups in total. The van der Waals surface area contributed by atoms with Crippen LogP contribution in [0.15, 0.2) is 48.5 Å². The number of nitrogens with zero attached hydrogens (tertiary/aromatic N) is 1. The summed E-state index contributed by atoms with van der Waals surface area (Å²) in [5, 5.41) is 6.19. The number of rotatable bonds is 6. The van der Waals surface area contributed by atoms with Gasteiger partial charge in [-0.15, -0.1) is 12.4 Å². The van der Waals surface area contributed by atoms with Gasteiger partial charge in [0.15, 0.2) is 0 Å². The Balaban J connectivity index is 0.00000312. The van der Waals surface area contributed by atoms with E-state index in [0.717, 1.165) is 17.8 Å². The van der Waals surface area contributed by atoms with E-state index < -0.39 is 0 Å². The maximum absolute atomic E-state index is 12.4. The zero-order chi connectivity index (χ0) is 17.5. The Morgan fingerprint density at radius 3 is 2.16 bits per heavy atom. The molecule has 5 nitrogen and oxygen atoms in total. The summed E-state index contributed by atoms with van der Waals surface area (Å²) >= 11 is 0. The highest BCUT2D eigenvalue weighted by Gasteiger charge is 2.11. The van der Waals surface area contributed by atoms with Crippen molar-refractivity contribution in [3.05, 3.63) is 65.2 Å². The fourth-order valence-electron chi connectivity index (χ4n) is 2.27. The summed E-state index contributed by atoms with van der Waals surface area (Å²) in [6, 6.07) is 14.4. The molecular weight excluding hydrogens is 338 g/mol. The van der Waals surface area contributed by atoms with Gasteiger partial charge in [0, 0.05) is 37.5 Å². The van der Waals surface area contributed by atoms with E-state index in [4.69, 9.17) is 0 Å². The molecular formula is C19H24ClN3O2. The number of carbonyl (C=O) groups excluding carboxylic acids is 2. The maximum atomic E-state index is 12.4. The minimum Gasteiger partial charge on any atom is -0.345 e. The zero-order valence-electron chi connectivity index (χ0n) is 14.7. The van der Waals surface area contributed by atoms with Gasteiger partial charge in [-0.3, -0.25) is 9.59 Å². The largest absolute Gasteiger partial charge is 0.345 e. The average Bonchev–Trinajstić information content (AvgIpc) is 2.60. The summed E-state index contributed by atoms with van der Waals surface area (Å²) in [4.78, 5) is 25.8. The van der Waals surface area contributed by atoms with E-state index in [9.17, 15) is 9.59 Å². The summed E-state index contributed by atoms with van der Waals surface area (Å²) in [5.74, 6) is -0.277. The van der Waals surface area contributed by atoms with Crippen molar-refractivity contribution in [3.8, 4) is 0 Å². The Morgan fingerprint density at radius 2 is 1.56 bits per heavy atom. The number of halogens is 1. The van der Waals surface area contributed by atoms with Gasteiger partial charge in [0.1, 0.15) is 0 Å². The molecule has 0 atom stereocenters. The minimum absolute atomic E-state index is 0. The number of amides is 2. The SMILES string of the molecule is CCNCc1ccccc1NC(=O)c1ccc(C(=O)N(C)C)cc1.Cl. The second-order valence-electron chi connectivity index (χ2n) is 5.67. The fourth-order valence-corrected chi connectivity index (χ4v) is 2.27. The molecule has 0 bridgehead atoms. The number of carbonyl (C=O) groups is 2. The van der Waals surface area contributed by atoms with Gasteiger partial charge in [-0.05, 0) is 42.4 Å². The van der Waals surface area contributed by atoms with Crippen LogP contribution in [0.1, 0.15) is 33.2 Å². The van der Waals surface area contributed by atoms with Crippen LogP contribution in [-0.4, -0.2) is 37.4 Å². The van der Waals surface area contributed by atoms with E-state index in [2.05, 4.69) is 10.6 Å². The molecule has 0 spiro atoms. The second-order valence-corrected chi connectivity index (χ2v) is 5.67. The Morgan fingerprint density at radius 1 is 0.960 bits per heavy atom. The van der Waals surface area contributed by atoms with Gasteiger partial charge in [0.25, 0.3) is 11.8 Å². The lowest BCUT2D eigenvalue weighted by Crippen LogP contribution is -2.22. The third-order valence-corrected chi connectivity index (χ3v) is 3.63. The molecule has 6 heteroatoms. The van der Waals surface area contributed by atoms with Gasteiger partial charge in [0.05, 0.1) is 0 Å². The molecule has 0 heterocycles. The third-order valence-electron chi connectivity index (χ3n) is 3.63. The van der Waals surface area contributed by atoms with Crippen LogP contribution in [0, 0.1) is 0 Å². The van der Waals surface area contributed by atoms with E-state index in [-0.39, 0.29) is 24.2 Å². The van der Waals surface area contributed by atoms with Gasteiger partial charge in [-0.1, -0.05) is 25.1 Å².